The number of alkyl halides is 1. The number of hydrogen-bond acceptors (Lipinski definition) is 5. The molecule has 182 valence electrons. The SMILES string of the molecule is C=C(CCC)OO[C@H]1CC[C@@]2(C)C(C1)C[C@H](O)C1C2CC[C@@]2(C)C1C[C@@H](Br)[C@@H]2OC(C)=O. The van der Waals surface area contributed by atoms with Crippen molar-refractivity contribution in [3.8, 4) is 0 Å². The van der Waals surface area contributed by atoms with Gasteiger partial charge in [0, 0.05) is 18.8 Å². The predicted molar refractivity (Wildman–Crippen MR) is 127 cm³/mol. The maximum Gasteiger partial charge on any atom is 0.302 e. The van der Waals surface area contributed by atoms with E-state index in [1.54, 1.807) is 0 Å². The fourth-order valence-electron chi connectivity index (χ4n) is 8.04. The summed E-state index contributed by atoms with van der Waals surface area (Å²) in [6, 6.07) is 0. The number of carbonyl (C=O) groups is 1. The van der Waals surface area contributed by atoms with Crippen molar-refractivity contribution in [1.82, 2.24) is 0 Å². The number of carbonyl (C=O) groups excluding carboxylic acids is 1. The Kier molecular flexibility index (Phi) is 7.07. The number of fused-ring (bicyclic) bond motifs is 5. The van der Waals surface area contributed by atoms with E-state index in [4.69, 9.17) is 14.5 Å². The van der Waals surface area contributed by atoms with Gasteiger partial charge in [0.15, 0.2) is 0 Å². The van der Waals surface area contributed by atoms with Crippen molar-refractivity contribution in [2.45, 2.75) is 109 Å². The highest BCUT2D eigenvalue weighted by molar-refractivity contribution is 9.09. The van der Waals surface area contributed by atoms with Gasteiger partial charge in [-0.05, 0) is 80.5 Å². The van der Waals surface area contributed by atoms with Crippen LogP contribution in [0.4, 0.5) is 0 Å². The van der Waals surface area contributed by atoms with Crippen LogP contribution in [0.2, 0.25) is 0 Å². The van der Waals surface area contributed by atoms with Gasteiger partial charge in [0.2, 0.25) is 0 Å². The molecule has 0 spiro atoms. The molecule has 0 aromatic heterocycles. The van der Waals surface area contributed by atoms with Gasteiger partial charge in [-0.1, -0.05) is 43.3 Å². The van der Waals surface area contributed by atoms with Gasteiger partial charge in [0.25, 0.3) is 0 Å². The van der Waals surface area contributed by atoms with Gasteiger partial charge >= 0.3 is 5.97 Å². The topological polar surface area (TPSA) is 65.0 Å². The molecule has 6 heteroatoms. The number of hydrogen-bond donors (Lipinski definition) is 1. The Morgan fingerprint density at radius 2 is 1.84 bits per heavy atom. The van der Waals surface area contributed by atoms with Crippen LogP contribution in [0.1, 0.15) is 85.5 Å². The van der Waals surface area contributed by atoms with E-state index in [0.29, 0.717) is 23.5 Å². The highest BCUT2D eigenvalue weighted by atomic mass is 79.9. The third kappa shape index (κ3) is 4.17. The van der Waals surface area contributed by atoms with Crippen molar-refractivity contribution < 1.29 is 24.4 Å². The molecule has 0 saturated heterocycles. The van der Waals surface area contributed by atoms with Crippen molar-refractivity contribution in [2.24, 2.45) is 34.5 Å². The molecule has 4 aliphatic rings. The molecule has 4 fully saturated rings. The van der Waals surface area contributed by atoms with E-state index in [2.05, 4.69) is 43.3 Å². The number of halogens is 1. The maximum absolute atomic E-state index is 11.8. The molecule has 0 aromatic carbocycles. The molecule has 0 bridgehead atoms. The zero-order valence-electron chi connectivity index (χ0n) is 20.1. The number of ether oxygens (including phenoxy) is 1. The summed E-state index contributed by atoms with van der Waals surface area (Å²) in [6.07, 6.45) is 8.44. The monoisotopic (exact) mass is 512 g/mol. The summed E-state index contributed by atoms with van der Waals surface area (Å²) in [5.74, 6) is 2.08. The smallest absolute Gasteiger partial charge is 0.302 e. The Morgan fingerprint density at radius 1 is 1.12 bits per heavy atom. The van der Waals surface area contributed by atoms with Gasteiger partial charge < -0.3 is 14.7 Å². The predicted octanol–water partition coefficient (Wildman–Crippen LogP) is 5.94. The quantitative estimate of drug-likeness (QED) is 0.157. The van der Waals surface area contributed by atoms with E-state index in [9.17, 15) is 9.90 Å². The Balaban J connectivity index is 1.48. The van der Waals surface area contributed by atoms with Crippen LogP contribution >= 0.6 is 15.9 Å². The van der Waals surface area contributed by atoms with E-state index in [1.165, 1.54) is 6.92 Å². The molecule has 1 N–H and O–H groups in total. The molecule has 5 nitrogen and oxygen atoms in total. The first-order chi connectivity index (χ1) is 15.1. The standard InChI is InChI=1S/C26H41BrO5/c1-6-7-15(2)31-32-18-8-10-25(4)17(12-18)13-22(29)23-19(25)9-11-26(5)20(23)14-21(27)24(26)30-16(3)28/h17-24,29H,2,6-14H2,1,3-5H3/t17?,18-,19?,20?,21+,22-,23?,24-,25-,26-/m0/s1. The lowest BCUT2D eigenvalue weighted by Crippen LogP contribution is -2.59. The number of esters is 1. The minimum atomic E-state index is -0.312. The molecule has 32 heavy (non-hydrogen) atoms. The highest BCUT2D eigenvalue weighted by Crippen LogP contribution is 2.67. The van der Waals surface area contributed by atoms with Gasteiger partial charge in [-0.3, -0.25) is 4.79 Å². The fraction of sp³-hybridized carbons (Fsp3) is 0.885. The Labute approximate surface area is 201 Å². The second-order valence-corrected chi connectivity index (χ2v) is 12.7. The van der Waals surface area contributed by atoms with Crippen molar-refractivity contribution in [1.29, 1.82) is 0 Å². The van der Waals surface area contributed by atoms with E-state index in [0.717, 1.165) is 57.8 Å². The van der Waals surface area contributed by atoms with Gasteiger partial charge in [0.05, 0.1) is 10.9 Å². The molecule has 4 rings (SSSR count). The summed E-state index contributed by atoms with van der Waals surface area (Å²) in [4.78, 5) is 23.2. The molecule has 0 aromatic rings. The average molecular weight is 514 g/mol. The van der Waals surface area contributed by atoms with Gasteiger partial charge in [0.1, 0.15) is 18.0 Å². The summed E-state index contributed by atoms with van der Waals surface area (Å²) in [7, 11) is 0. The minimum Gasteiger partial charge on any atom is -0.461 e. The van der Waals surface area contributed by atoms with Crippen molar-refractivity contribution >= 4 is 21.9 Å². The van der Waals surface area contributed by atoms with E-state index in [1.807, 2.05) is 0 Å². The minimum absolute atomic E-state index is 0.0705. The first-order valence-electron chi connectivity index (χ1n) is 12.6. The van der Waals surface area contributed by atoms with E-state index >= 15 is 0 Å². The molecular weight excluding hydrogens is 472 g/mol. The number of aliphatic hydroxyl groups excluding tert-OH is 1. The van der Waals surface area contributed by atoms with Crippen LogP contribution in [-0.2, 0) is 19.3 Å². The van der Waals surface area contributed by atoms with Gasteiger partial charge in [-0.2, -0.15) is 4.89 Å². The van der Waals surface area contributed by atoms with Crippen LogP contribution in [0.25, 0.3) is 0 Å². The van der Waals surface area contributed by atoms with Gasteiger partial charge in [-0.15, -0.1) is 0 Å². The molecule has 10 atom stereocenters. The van der Waals surface area contributed by atoms with Crippen LogP contribution in [0.15, 0.2) is 12.3 Å². The average Bonchev–Trinajstić information content (AvgIpc) is 2.97. The fourth-order valence-corrected chi connectivity index (χ4v) is 9.16. The number of allylic oxidation sites excluding steroid dienone is 1. The van der Waals surface area contributed by atoms with Crippen molar-refractivity contribution in [2.75, 3.05) is 0 Å². The molecule has 4 unspecified atom stereocenters. The lowest BCUT2D eigenvalue weighted by atomic mass is 9.44. The van der Waals surface area contributed by atoms with Crippen LogP contribution in [0.5, 0.6) is 0 Å². The summed E-state index contributed by atoms with van der Waals surface area (Å²) in [6.45, 7) is 12.3. The molecule has 0 heterocycles. The van der Waals surface area contributed by atoms with E-state index < -0.39 is 0 Å². The van der Waals surface area contributed by atoms with Crippen LogP contribution in [0.3, 0.4) is 0 Å². The first kappa shape index (κ1) is 24.5. The Morgan fingerprint density at radius 3 is 2.53 bits per heavy atom. The molecule has 4 aliphatic carbocycles. The number of aliphatic hydroxyl groups is 1. The summed E-state index contributed by atoms with van der Waals surface area (Å²) in [5, 5.41) is 11.4. The van der Waals surface area contributed by atoms with Crippen LogP contribution in [0, 0.1) is 34.5 Å². The maximum atomic E-state index is 11.8. The zero-order valence-corrected chi connectivity index (χ0v) is 21.7. The normalized spacial score (nSPS) is 47.7. The second kappa shape index (κ2) is 9.22. The summed E-state index contributed by atoms with van der Waals surface area (Å²) in [5.41, 5.74) is 0.145. The highest BCUT2D eigenvalue weighted by Gasteiger charge is 2.65. The lowest BCUT2D eigenvalue weighted by Gasteiger charge is -2.62. The zero-order chi connectivity index (χ0) is 23.3. The number of rotatable bonds is 6. The van der Waals surface area contributed by atoms with Crippen molar-refractivity contribution in [3.63, 3.8) is 0 Å². The molecular formula is C26H41BrO5. The molecule has 0 radical (unpaired) electrons. The van der Waals surface area contributed by atoms with Crippen molar-refractivity contribution in [3.05, 3.63) is 12.3 Å². The summed E-state index contributed by atoms with van der Waals surface area (Å²) >= 11 is 3.83. The lowest BCUT2D eigenvalue weighted by molar-refractivity contribution is -0.313. The largest absolute Gasteiger partial charge is 0.461 e. The molecule has 0 amide bonds. The molecule has 4 saturated carbocycles. The second-order valence-electron chi connectivity index (χ2n) is 11.5. The van der Waals surface area contributed by atoms with Crippen LogP contribution in [-0.4, -0.2) is 34.2 Å². The Hall–Kier alpha value is -0.590. The van der Waals surface area contributed by atoms with Crippen LogP contribution < -0.4 is 0 Å². The summed E-state index contributed by atoms with van der Waals surface area (Å²) < 4.78 is 5.82. The molecule has 0 aliphatic heterocycles. The third-order valence-electron chi connectivity index (χ3n) is 9.65. The third-order valence-corrected chi connectivity index (χ3v) is 10.5. The van der Waals surface area contributed by atoms with Gasteiger partial charge in [-0.25, -0.2) is 0 Å². The Bertz CT molecular complexity index is 727. The van der Waals surface area contributed by atoms with E-state index in [-0.39, 0.29) is 45.9 Å². The first-order valence-corrected chi connectivity index (χ1v) is 13.5.